The standard InChI is InChI=1S/C9H8N2O/c1-3-8(11-10-5-1)7-9-4-2-6-12-9/h1-6H,7H2. The molecule has 0 aromatic carbocycles. The lowest BCUT2D eigenvalue weighted by Gasteiger charge is -1.93. The van der Waals surface area contributed by atoms with Gasteiger partial charge in [0.25, 0.3) is 0 Å². The highest BCUT2D eigenvalue weighted by molar-refractivity contribution is 5.10. The number of hydrogen-bond donors (Lipinski definition) is 0. The number of aromatic nitrogens is 2. The second-order valence-corrected chi connectivity index (χ2v) is 2.47. The summed E-state index contributed by atoms with van der Waals surface area (Å²) < 4.78 is 5.17. The zero-order valence-electron chi connectivity index (χ0n) is 6.47. The average Bonchev–Trinajstić information content (AvgIpc) is 2.59. The Bertz CT molecular complexity index is 329. The zero-order valence-corrected chi connectivity index (χ0v) is 6.47. The van der Waals surface area contributed by atoms with Gasteiger partial charge in [-0.3, -0.25) is 0 Å². The molecule has 2 rings (SSSR count). The Kier molecular flexibility index (Phi) is 1.86. The lowest BCUT2D eigenvalue weighted by molar-refractivity contribution is 0.518. The van der Waals surface area contributed by atoms with Gasteiger partial charge >= 0.3 is 0 Å². The third-order valence-corrected chi connectivity index (χ3v) is 1.56. The van der Waals surface area contributed by atoms with Crippen molar-refractivity contribution in [3.8, 4) is 0 Å². The average molecular weight is 160 g/mol. The molecule has 3 nitrogen and oxygen atoms in total. The number of nitrogens with zero attached hydrogens (tertiary/aromatic N) is 2. The molecule has 0 aliphatic carbocycles. The molecule has 3 heteroatoms. The Morgan fingerprint density at radius 1 is 1.25 bits per heavy atom. The van der Waals surface area contributed by atoms with Gasteiger partial charge in [0.05, 0.1) is 12.0 Å². The smallest absolute Gasteiger partial charge is 0.109 e. The molecule has 0 saturated carbocycles. The fourth-order valence-electron chi connectivity index (χ4n) is 1.02. The van der Waals surface area contributed by atoms with Crippen molar-refractivity contribution in [2.24, 2.45) is 0 Å². The van der Waals surface area contributed by atoms with E-state index in [0.717, 1.165) is 11.5 Å². The summed E-state index contributed by atoms with van der Waals surface area (Å²) in [6.07, 6.45) is 4.03. The molecule has 0 unspecified atom stereocenters. The highest BCUT2D eigenvalue weighted by Crippen LogP contribution is 2.05. The maximum absolute atomic E-state index is 5.17. The van der Waals surface area contributed by atoms with E-state index in [-0.39, 0.29) is 0 Å². The maximum Gasteiger partial charge on any atom is 0.109 e. The summed E-state index contributed by atoms with van der Waals surface area (Å²) in [5, 5.41) is 7.72. The van der Waals surface area contributed by atoms with Gasteiger partial charge < -0.3 is 4.42 Å². The minimum absolute atomic E-state index is 0.709. The molecular weight excluding hydrogens is 152 g/mol. The van der Waals surface area contributed by atoms with Gasteiger partial charge in [0.2, 0.25) is 0 Å². The van der Waals surface area contributed by atoms with E-state index in [1.807, 2.05) is 24.3 Å². The van der Waals surface area contributed by atoms with Crippen molar-refractivity contribution < 1.29 is 4.42 Å². The third-order valence-electron chi connectivity index (χ3n) is 1.56. The van der Waals surface area contributed by atoms with E-state index >= 15 is 0 Å². The van der Waals surface area contributed by atoms with Crippen molar-refractivity contribution in [2.45, 2.75) is 6.42 Å². The predicted molar refractivity (Wildman–Crippen MR) is 43.5 cm³/mol. The molecule has 0 radical (unpaired) electrons. The van der Waals surface area contributed by atoms with Crippen molar-refractivity contribution >= 4 is 0 Å². The first-order valence-corrected chi connectivity index (χ1v) is 3.74. The molecule has 0 N–H and O–H groups in total. The summed E-state index contributed by atoms with van der Waals surface area (Å²) in [6.45, 7) is 0. The molecular formula is C9H8N2O. The molecule has 0 fully saturated rings. The van der Waals surface area contributed by atoms with E-state index in [2.05, 4.69) is 10.2 Å². The first-order chi connectivity index (χ1) is 5.95. The van der Waals surface area contributed by atoms with Gasteiger partial charge in [-0.2, -0.15) is 10.2 Å². The summed E-state index contributed by atoms with van der Waals surface area (Å²) in [5.74, 6) is 0.913. The van der Waals surface area contributed by atoms with E-state index in [4.69, 9.17) is 4.42 Å². The first kappa shape index (κ1) is 7.03. The van der Waals surface area contributed by atoms with Crippen LogP contribution in [0.1, 0.15) is 11.5 Å². The minimum Gasteiger partial charge on any atom is -0.469 e. The molecule has 0 spiro atoms. The van der Waals surface area contributed by atoms with Crippen LogP contribution in [0.15, 0.2) is 41.1 Å². The molecule has 60 valence electrons. The van der Waals surface area contributed by atoms with E-state index in [1.165, 1.54) is 0 Å². The maximum atomic E-state index is 5.17. The topological polar surface area (TPSA) is 38.9 Å². The monoisotopic (exact) mass is 160 g/mol. The third kappa shape index (κ3) is 1.50. The fraction of sp³-hybridized carbons (Fsp3) is 0.111. The number of hydrogen-bond acceptors (Lipinski definition) is 3. The van der Waals surface area contributed by atoms with Crippen molar-refractivity contribution in [2.75, 3.05) is 0 Å². The zero-order chi connectivity index (χ0) is 8.23. The predicted octanol–water partition coefficient (Wildman–Crippen LogP) is 1.66. The lowest BCUT2D eigenvalue weighted by Crippen LogP contribution is -1.91. The Hall–Kier alpha value is -1.64. The summed E-state index contributed by atoms with van der Waals surface area (Å²) >= 11 is 0. The molecule has 0 saturated heterocycles. The Morgan fingerprint density at radius 2 is 2.25 bits per heavy atom. The first-order valence-electron chi connectivity index (χ1n) is 3.74. The van der Waals surface area contributed by atoms with E-state index in [1.54, 1.807) is 12.5 Å². The molecule has 12 heavy (non-hydrogen) atoms. The number of rotatable bonds is 2. The van der Waals surface area contributed by atoms with Crippen LogP contribution in [-0.4, -0.2) is 10.2 Å². The second kappa shape index (κ2) is 3.17. The van der Waals surface area contributed by atoms with Gasteiger partial charge in [0.15, 0.2) is 0 Å². The molecule has 0 aliphatic heterocycles. The van der Waals surface area contributed by atoms with Gasteiger partial charge in [-0.1, -0.05) is 0 Å². The van der Waals surface area contributed by atoms with Crippen molar-refractivity contribution in [1.29, 1.82) is 0 Å². The van der Waals surface area contributed by atoms with Gasteiger partial charge in [-0.05, 0) is 24.3 Å². The summed E-state index contributed by atoms with van der Waals surface area (Å²) in [7, 11) is 0. The lowest BCUT2D eigenvalue weighted by atomic mass is 10.2. The van der Waals surface area contributed by atoms with Crippen LogP contribution in [0.4, 0.5) is 0 Å². The van der Waals surface area contributed by atoms with Crippen LogP contribution in [0.25, 0.3) is 0 Å². The highest BCUT2D eigenvalue weighted by Gasteiger charge is 1.98. The van der Waals surface area contributed by atoms with Crippen LogP contribution in [0.5, 0.6) is 0 Å². The molecule has 2 aromatic rings. The van der Waals surface area contributed by atoms with Gasteiger partial charge in [-0.15, -0.1) is 0 Å². The Balaban J connectivity index is 2.15. The van der Waals surface area contributed by atoms with Gasteiger partial charge in [0, 0.05) is 12.6 Å². The Labute approximate surface area is 70.1 Å². The normalized spacial score (nSPS) is 10.0. The molecule has 2 aromatic heterocycles. The van der Waals surface area contributed by atoms with Crippen molar-refractivity contribution in [3.63, 3.8) is 0 Å². The fourth-order valence-corrected chi connectivity index (χ4v) is 1.02. The highest BCUT2D eigenvalue weighted by atomic mass is 16.3. The van der Waals surface area contributed by atoms with Crippen LogP contribution < -0.4 is 0 Å². The largest absolute Gasteiger partial charge is 0.469 e. The van der Waals surface area contributed by atoms with Crippen LogP contribution in [0.3, 0.4) is 0 Å². The second-order valence-electron chi connectivity index (χ2n) is 2.47. The summed E-state index contributed by atoms with van der Waals surface area (Å²) in [6, 6.07) is 7.58. The molecule has 2 heterocycles. The molecule has 0 aliphatic rings. The van der Waals surface area contributed by atoms with E-state index < -0.39 is 0 Å². The SMILES string of the molecule is c1cnnc(Cc2ccco2)c1. The van der Waals surface area contributed by atoms with Crippen LogP contribution in [-0.2, 0) is 6.42 Å². The van der Waals surface area contributed by atoms with Crippen LogP contribution in [0.2, 0.25) is 0 Å². The van der Waals surface area contributed by atoms with Gasteiger partial charge in [0.1, 0.15) is 5.76 Å². The van der Waals surface area contributed by atoms with Crippen LogP contribution >= 0.6 is 0 Å². The summed E-state index contributed by atoms with van der Waals surface area (Å²) in [5.41, 5.74) is 0.924. The molecule has 0 amide bonds. The van der Waals surface area contributed by atoms with Crippen molar-refractivity contribution in [1.82, 2.24) is 10.2 Å². The molecule has 0 atom stereocenters. The number of furan rings is 1. The van der Waals surface area contributed by atoms with Crippen molar-refractivity contribution in [3.05, 3.63) is 48.2 Å². The Morgan fingerprint density at radius 3 is 2.92 bits per heavy atom. The molecule has 0 bridgehead atoms. The van der Waals surface area contributed by atoms with Gasteiger partial charge in [-0.25, -0.2) is 0 Å². The van der Waals surface area contributed by atoms with E-state index in [9.17, 15) is 0 Å². The van der Waals surface area contributed by atoms with Crippen LogP contribution in [0, 0.1) is 0 Å². The minimum atomic E-state index is 0.709. The van der Waals surface area contributed by atoms with E-state index in [0.29, 0.717) is 6.42 Å². The quantitative estimate of drug-likeness (QED) is 0.670. The summed E-state index contributed by atoms with van der Waals surface area (Å²) in [4.78, 5) is 0.